The normalized spacial score (nSPS) is 12.6. The number of nitrogens with two attached hydrogens (primary N) is 2. The number of ether oxygens (including phenoxy) is 2. The fraction of sp³-hybridized carbons (Fsp3) is 0.0400. The summed E-state index contributed by atoms with van der Waals surface area (Å²) in [5, 5.41) is 0. The van der Waals surface area contributed by atoms with Gasteiger partial charge in [-0.1, -0.05) is 0 Å². The quantitative estimate of drug-likeness (QED) is 0.177. The lowest BCUT2D eigenvalue weighted by Gasteiger charge is -2.13. The SMILES string of the molecule is Nc1ccc(Oc2cc3c(cc2S(=O)(=O)O)-c2cc(S(=O)(=O)O)c(Oc4ccc(N)cc4)cc2C3)cc1. The molecule has 37 heavy (non-hydrogen) atoms. The van der Waals surface area contributed by atoms with E-state index in [1.165, 1.54) is 24.3 Å². The van der Waals surface area contributed by atoms with Crippen molar-refractivity contribution in [3.8, 4) is 34.1 Å². The van der Waals surface area contributed by atoms with E-state index in [2.05, 4.69) is 0 Å². The van der Waals surface area contributed by atoms with E-state index >= 15 is 0 Å². The van der Waals surface area contributed by atoms with Gasteiger partial charge in [0.1, 0.15) is 32.8 Å². The van der Waals surface area contributed by atoms with Gasteiger partial charge in [-0.05, 0) is 101 Å². The number of hydrogen-bond donors (Lipinski definition) is 4. The molecule has 0 bridgehead atoms. The molecule has 0 atom stereocenters. The van der Waals surface area contributed by atoms with Crippen molar-refractivity contribution in [1.29, 1.82) is 0 Å². The largest absolute Gasteiger partial charge is 0.456 e. The van der Waals surface area contributed by atoms with Crippen molar-refractivity contribution in [2.45, 2.75) is 16.2 Å². The Morgan fingerprint density at radius 1 is 0.595 bits per heavy atom. The van der Waals surface area contributed by atoms with Crippen molar-refractivity contribution in [2.75, 3.05) is 11.5 Å². The Morgan fingerprint density at radius 3 is 1.27 bits per heavy atom. The molecule has 4 aromatic rings. The number of nitrogen functional groups attached to an aromatic ring is 2. The number of fused-ring (bicyclic) bond motifs is 3. The maximum absolute atomic E-state index is 12.2. The first-order valence-corrected chi connectivity index (χ1v) is 13.6. The highest BCUT2D eigenvalue weighted by Gasteiger charge is 2.29. The van der Waals surface area contributed by atoms with Crippen molar-refractivity contribution in [2.24, 2.45) is 0 Å². The van der Waals surface area contributed by atoms with E-state index in [0.29, 0.717) is 45.1 Å². The molecule has 0 spiro atoms. The van der Waals surface area contributed by atoms with Gasteiger partial charge in [-0.15, -0.1) is 0 Å². The van der Waals surface area contributed by atoms with Crippen molar-refractivity contribution in [1.82, 2.24) is 0 Å². The zero-order chi connectivity index (χ0) is 26.5. The summed E-state index contributed by atoms with van der Waals surface area (Å²) in [6.07, 6.45) is 0.276. The Labute approximate surface area is 212 Å². The lowest BCUT2D eigenvalue weighted by atomic mass is 10.1. The van der Waals surface area contributed by atoms with E-state index in [1.807, 2.05) is 0 Å². The average molecular weight is 541 g/mol. The molecule has 6 N–H and O–H groups in total. The van der Waals surface area contributed by atoms with Gasteiger partial charge in [-0.2, -0.15) is 16.8 Å². The molecule has 0 unspecified atom stereocenters. The van der Waals surface area contributed by atoms with Crippen LogP contribution in [0.15, 0.2) is 82.6 Å². The predicted octanol–water partition coefficient (Wildman–Crippen LogP) is 4.50. The first-order chi connectivity index (χ1) is 17.4. The summed E-state index contributed by atoms with van der Waals surface area (Å²) in [5.74, 6) is 0.351. The van der Waals surface area contributed by atoms with Gasteiger partial charge in [0, 0.05) is 11.4 Å². The molecule has 0 saturated heterocycles. The second kappa shape index (κ2) is 8.78. The molecule has 12 heteroatoms. The minimum atomic E-state index is -4.73. The standard InChI is InChI=1S/C25H20N2O8S2/c26-16-1-5-18(6-2-16)34-22-10-14-9-15-11-23(35-19-7-3-17(27)4-8-19)25(37(31,32)33)13-21(15)20(14)12-24(22)36(28,29)30/h1-8,10-13H,9,26-27H2,(H,28,29,30)(H,31,32,33). The molecule has 10 nitrogen and oxygen atoms in total. The van der Waals surface area contributed by atoms with E-state index in [0.717, 1.165) is 0 Å². The molecule has 0 heterocycles. The van der Waals surface area contributed by atoms with Crippen LogP contribution in [-0.4, -0.2) is 25.9 Å². The maximum Gasteiger partial charge on any atom is 0.298 e. The third-order valence-corrected chi connectivity index (χ3v) is 7.53. The molecule has 0 radical (unpaired) electrons. The summed E-state index contributed by atoms with van der Waals surface area (Å²) in [7, 11) is -9.46. The molecule has 1 aliphatic rings. The summed E-state index contributed by atoms with van der Waals surface area (Å²) >= 11 is 0. The van der Waals surface area contributed by atoms with Crippen LogP contribution < -0.4 is 20.9 Å². The van der Waals surface area contributed by atoms with E-state index in [1.54, 1.807) is 48.5 Å². The summed E-state index contributed by atoms with van der Waals surface area (Å²) in [6, 6.07) is 17.8. The van der Waals surface area contributed by atoms with Crippen molar-refractivity contribution in [3.05, 3.63) is 83.9 Å². The van der Waals surface area contributed by atoms with Crippen LogP contribution in [0.5, 0.6) is 23.0 Å². The monoisotopic (exact) mass is 540 g/mol. The first-order valence-electron chi connectivity index (χ1n) is 10.7. The molecule has 190 valence electrons. The predicted molar refractivity (Wildman–Crippen MR) is 136 cm³/mol. The van der Waals surface area contributed by atoms with Crippen LogP contribution in [0.4, 0.5) is 11.4 Å². The molecule has 1 aliphatic carbocycles. The molecule has 5 rings (SSSR count). The Balaban J connectivity index is 1.62. The fourth-order valence-electron chi connectivity index (χ4n) is 4.09. The van der Waals surface area contributed by atoms with E-state index < -0.39 is 30.0 Å². The van der Waals surface area contributed by atoms with Gasteiger partial charge in [-0.3, -0.25) is 9.11 Å². The zero-order valence-electron chi connectivity index (χ0n) is 19.0. The minimum Gasteiger partial charge on any atom is -0.456 e. The lowest BCUT2D eigenvalue weighted by molar-refractivity contribution is 0.448. The molecule has 0 aliphatic heterocycles. The van der Waals surface area contributed by atoms with Crippen LogP contribution in [0.1, 0.15) is 11.1 Å². The number of hydrogen-bond acceptors (Lipinski definition) is 8. The van der Waals surface area contributed by atoms with Crippen LogP contribution in [0, 0.1) is 0 Å². The smallest absolute Gasteiger partial charge is 0.298 e. The van der Waals surface area contributed by atoms with Gasteiger partial charge in [0.15, 0.2) is 0 Å². The number of benzene rings is 4. The maximum atomic E-state index is 12.2. The number of anilines is 2. The third kappa shape index (κ3) is 4.95. The second-order valence-electron chi connectivity index (χ2n) is 8.38. The van der Waals surface area contributed by atoms with Gasteiger partial charge >= 0.3 is 0 Å². The average Bonchev–Trinajstić information content (AvgIpc) is 3.16. The Hall–Kier alpha value is -4.10. The summed E-state index contributed by atoms with van der Waals surface area (Å²) in [5.41, 5.74) is 14.3. The summed E-state index contributed by atoms with van der Waals surface area (Å²) < 4.78 is 80.1. The summed E-state index contributed by atoms with van der Waals surface area (Å²) in [6.45, 7) is 0. The van der Waals surface area contributed by atoms with Gasteiger partial charge in [0.25, 0.3) is 20.2 Å². The Kier molecular flexibility index (Phi) is 5.83. The van der Waals surface area contributed by atoms with Crippen LogP contribution in [0.3, 0.4) is 0 Å². The highest BCUT2D eigenvalue weighted by atomic mass is 32.2. The van der Waals surface area contributed by atoms with E-state index in [-0.39, 0.29) is 17.9 Å². The molecule has 0 amide bonds. The van der Waals surface area contributed by atoms with Gasteiger partial charge < -0.3 is 20.9 Å². The molecule has 0 aromatic heterocycles. The fourth-order valence-corrected chi connectivity index (χ4v) is 5.33. The topological polar surface area (TPSA) is 179 Å². The first kappa shape index (κ1) is 24.6. The van der Waals surface area contributed by atoms with Crippen LogP contribution in [0.2, 0.25) is 0 Å². The molecular weight excluding hydrogens is 520 g/mol. The summed E-state index contributed by atoms with van der Waals surface area (Å²) in [4.78, 5) is -1.02. The van der Waals surface area contributed by atoms with Crippen LogP contribution in [0.25, 0.3) is 11.1 Å². The molecule has 0 fully saturated rings. The highest BCUT2D eigenvalue weighted by Crippen LogP contribution is 2.46. The van der Waals surface area contributed by atoms with Crippen molar-refractivity contribution >= 4 is 31.6 Å². The lowest BCUT2D eigenvalue weighted by Crippen LogP contribution is -2.03. The molecule has 4 aromatic carbocycles. The number of rotatable bonds is 6. The van der Waals surface area contributed by atoms with Crippen molar-refractivity contribution in [3.63, 3.8) is 0 Å². The van der Waals surface area contributed by atoms with Crippen LogP contribution in [-0.2, 0) is 26.7 Å². The molecular formula is C25H20N2O8S2. The van der Waals surface area contributed by atoms with Gasteiger partial charge in [0.2, 0.25) is 0 Å². The van der Waals surface area contributed by atoms with Gasteiger partial charge in [0.05, 0.1) is 0 Å². The molecule has 0 saturated carbocycles. The van der Waals surface area contributed by atoms with Gasteiger partial charge in [-0.25, -0.2) is 0 Å². The minimum absolute atomic E-state index is 0.118. The van der Waals surface area contributed by atoms with Crippen molar-refractivity contribution < 1.29 is 35.4 Å². The zero-order valence-corrected chi connectivity index (χ0v) is 20.6. The van der Waals surface area contributed by atoms with E-state index in [4.69, 9.17) is 20.9 Å². The van der Waals surface area contributed by atoms with Crippen LogP contribution >= 0.6 is 0 Å². The third-order valence-electron chi connectivity index (χ3n) is 5.78. The van der Waals surface area contributed by atoms with E-state index in [9.17, 15) is 25.9 Å². The Morgan fingerprint density at radius 2 is 0.946 bits per heavy atom. The Bertz CT molecular complexity index is 1620. The second-order valence-corrected chi connectivity index (χ2v) is 11.2. The highest BCUT2D eigenvalue weighted by molar-refractivity contribution is 7.86.